The number of aromatic amines is 1. The summed E-state index contributed by atoms with van der Waals surface area (Å²) in [6.45, 7) is 0.283. The van der Waals surface area contributed by atoms with Gasteiger partial charge in [0, 0.05) is 18.0 Å². The normalized spacial score (nSPS) is 13.1. The maximum atomic E-state index is 12.0. The standard InChI is InChI=1S/C13H12N4O3/c18-12-7-20-10-5-8(1-2-9(10)17-12)13(19)16-6-11-14-3-4-15-11/h1-5H,6-7H2,(H,14,15)(H,16,19)(H,17,18). The minimum Gasteiger partial charge on any atom is -0.482 e. The Balaban J connectivity index is 1.70. The molecular weight excluding hydrogens is 260 g/mol. The Kier molecular flexibility index (Phi) is 3.08. The number of benzene rings is 1. The highest BCUT2D eigenvalue weighted by Crippen LogP contribution is 2.28. The number of H-pyrrole nitrogens is 1. The molecule has 102 valence electrons. The number of amides is 2. The SMILES string of the molecule is O=C1COc2cc(C(=O)NCc3ncc[nH]3)ccc2N1. The second-order valence-electron chi connectivity index (χ2n) is 4.27. The zero-order chi connectivity index (χ0) is 13.9. The number of imidazole rings is 1. The average Bonchev–Trinajstić information content (AvgIpc) is 2.97. The Morgan fingerprint density at radius 2 is 2.35 bits per heavy atom. The highest BCUT2D eigenvalue weighted by Gasteiger charge is 2.17. The van der Waals surface area contributed by atoms with Gasteiger partial charge in [0.1, 0.15) is 11.6 Å². The minimum atomic E-state index is -0.232. The summed E-state index contributed by atoms with van der Waals surface area (Å²) < 4.78 is 5.27. The quantitative estimate of drug-likeness (QED) is 0.765. The Morgan fingerprint density at radius 3 is 3.15 bits per heavy atom. The van der Waals surface area contributed by atoms with E-state index in [1.165, 1.54) is 0 Å². The monoisotopic (exact) mass is 272 g/mol. The molecule has 0 aliphatic carbocycles. The number of nitrogens with one attached hydrogen (secondary N) is 3. The Bertz CT molecular complexity index is 652. The highest BCUT2D eigenvalue weighted by atomic mass is 16.5. The molecule has 7 heteroatoms. The van der Waals surface area contributed by atoms with Crippen molar-refractivity contribution in [3.05, 3.63) is 42.0 Å². The molecule has 3 rings (SSSR count). The van der Waals surface area contributed by atoms with Crippen molar-refractivity contribution in [3.63, 3.8) is 0 Å². The molecule has 0 unspecified atom stereocenters. The van der Waals surface area contributed by atoms with Gasteiger partial charge in [0.05, 0.1) is 12.2 Å². The number of carbonyl (C=O) groups is 2. The fourth-order valence-electron chi connectivity index (χ4n) is 1.88. The molecule has 0 radical (unpaired) electrons. The van der Waals surface area contributed by atoms with Crippen LogP contribution in [0.5, 0.6) is 5.75 Å². The van der Waals surface area contributed by atoms with Gasteiger partial charge in [-0.25, -0.2) is 4.98 Å². The van der Waals surface area contributed by atoms with Gasteiger partial charge in [0.15, 0.2) is 6.61 Å². The van der Waals surface area contributed by atoms with E-state index in [0.29, 0.717) is 29.4 Å². The Labute approximate surface area is 114 Å². The van der Waals surface area contributed by atoms with Crippen LogP contribution in [0.2, 0.25) is 0 Å². The first-order valence-electron chi connectivity index (χ1n) is 6.05. The molecule has 1 aliphatic rings. The lowest BCUT2D eigenvalue weighted by Crippen LogP contribution is -2.27. The van der Waals surface area contributed by atoms with Crippen LogP contribution in [0.15, 0.2) is 30.6 Å². The molecular formula is C13H12N4O3. The number of fused-ring (bicyclic) bond motifs is 1. The second-order valence-corrected chi connectivity index (χ2v) is 4.27. The molecule has 2 amide bonds. The van der Waals surface area contributed by atoms with Crippen molar-refractivity contribution in [2.24, 2.45) is 0 Å². The molecule has 0 spiro atoms. The number of ether oxygens (including phenoxy) is 1. The fourth-order valence-corrected chi connectivity index (χ4v) is 1.88. The fraction of sp³-hybridized carbons (Fsp3) is 0.154. The van der Waals surface area contributed by atoms with E-state index >= 15 is 0 Å². The van der Waals surface area contributed by atoms with Gasteiger partial charge < -0.3 is 20.4 Å². The van der Waals surface area contributed by atoms with Crippen LogP contribution in [0.3, 0.4) is 0 Å². The number of carbonyl (C=O) groups excluding carboxylic acids is 2. The van der Waals surface area contributed by atoms with Crippen LogP contribution in [0.25, 0.3) is 0 Å². The molecule has 0 saturated carbocycles. The predicted molar refractivity (Wildman–Crippen MR) is 70.3 cm³/mol. The number of anilines is 1. The summed E-state index contributed by atoms with van der Waals surface area (Å²) >= 11 is 0. The number of nitrogens with zero attached hydrogens (tertiary/aromatic N) is 1. The van der Waals surface area contributed by atoms with E-state index in [2.05, 4.69) is 20.6 Å². The zero-order valence-electron chi connectivity index (χ0n) is 10.5. The third-order valence-electron chi connectivity index (χ3n) is 2.85. The molecule has 0 atom stereocenters. The van der Waals surface area contributed by atoms with Gasteiger partial charge in [0.2, 0.25) is 0 Å². The van der Waals surface area contributed by atoms with E-state index in [-0.39, 0.29) is 18.4 Å². The first-order valence-corrected chi connectivity index (χ1v) is 6.05. The maximum Gasteiger partial charge on any atom is 0.262 e. The zero-order valence-corrected chi connectivity index (χ0v) is 10.5. The van der Waals surface area contributed by atoms with E-state index < -0.39 is 0 Å². The summed E-state index contributed by atoms with van der Waals surface area (Å²) in [6, 6.07) is 4.88. The minimum absolute atomic E-state index is 0.0372. The second kappa shape index (κ2) is 5.04. The number of rotatable bonds is 3. The molecule has 0 bridgehead atoms. The van der Waals surface area contributed by atoms with Gasteiger partial charge in [-0.1, -0.05) is 0 Å². The van der Waals surface area contributed by atoms with Crippen LogP contribution in [0.4, 0.5) is 5.69 Å². The van der Waals surface area contributed by atoms with E-state index in [0.717, 1.165) is 0 Å². The first-order chi connectivity index (χ1) is 9.72. The van der Waals surface area contributed by atoms with Gasteiger partial charge in [-0.05, 0) is 18.2 Å². The number of hydrogen-bond donors (Lipinski definition) is 3. The third kappa shape index (κ3) is 2.46. The summed E-state index contributed by atoms with van der Waals surface area (Å²) in [4.78, 5) is 30.1. The van der Waals surface area contributed by atoms with E-state index in [1.54, 1.807) is 30.6 Å². The van der Waals surface area contributed by atoms with Crippen molar-refractivity contribution < 1.29 is 14.3 Å². The van der Waals surface area contributed by atoms with Crippen LogP contribution < -0.4 is 15.4 Å². The summed E-state index contributed by atoms with van der Waals surface area (Å²) in [5.74, 6) is 0.743. The van der Waals surface area contributed by atoms with E-state index in [9.17, 15) is 9.59 Å². The Morgan fingerprint density at radius 1 is 1.45 bits per heavy atom. The largest absolute Gasteiger partial charge is 0.482 e. The van der Waals surface area contributed by atoms with Crippen molar-refractivity contribution in [1.29, 1.82) is 0 Å². The van der Waals surface area contributed by atoms with Crippen LogP contribution in [-0.2, 0) is 11.3 Å². The van der Waals surface area contributed by atoms with Gasteiger partial charge in [0.25, 0.3) is 11.8 Å². The van der Waals surface area contributed by atoms with Gasteiger partial charge in [-0.3, -0.25) is 9.59 Å². The van der Waals surface area contributed by atoms with Gasteiger partial charge >= 0.3 is 0 Å². The summed E-state index contributed by atoms with van der Waals surface area (Å²) in [7, 11) is 0. The summed E-state index contributed by atoms with van der Waals surface area (Å²) in [5, 5.41) is 5.41. The highest BCUT2D eigenvalue weighted by molar-refractivity contribution is 5.98. The van der Waals surface area contributed by atoms with Crippen molar-refractivity contribution in [2.75, 3.05) is 11.9 Å². The molecule has 1 aromatic carbocycles. The topological polar surface area (TPSA) is 96.1 Å². The molecule has 0 saturated heterocycles. The molecule has 1 aromatic heterocycles. The number of hydrogen-bond acceptors (Lipinski definition) is 4. The van der Waals surface area contributed by atoms with Gasteiger partial charge in [-0.2, -0.15) is 0 Å². The third-order valence-corrected chi connectivity index (χ3v) is 2.85. The average molecular weight is 272 g/mol. The number of aromatic nitrogens is 2. The van der Waals surface area contributed by atoms with Crippen LogP contribution in [0, 0.1) is 0 Å². The van der Waals surface area contributed by atoms with Crippen molar-refractivity contribution in [3.8, 4) is 5.75 Å². The lowest BCUT2D eigenvalue weighted by atomic mass is 10.1. The van der Waals surface area contributed by atoms with E-state index in [4.69, 9.17) is 4.74 Å². The summed E-state index contributed by atoms with van der Waals surface area (Å²) in [5.41, 5.74) is 1.04. The van der Waals surface area contributed by atoms with E-state index in [1.807, 2.05) is 0 Å². The van der Waals surface area contributed by atoms with Crippen LogP contribution in [-0.4, -0.2) is 28.4 Å². The Hall–Kier alpha value is -2.83. The van der Waals surface area contributed by atoms with Crippen LogP contribution >= 0.6 is 0 Å². The predicted octanol–water partition coefficient (Wildman–Crippen LogP) is 0.671. The molecule has 0 fully saturated rings. The first kappa shape index (κ1) is 12.2. The van der Waals surface area contributed by atoms with Crippen molar-refractivity contribution in [1.82, 2.24) is 15.3 Å². The smallest absolute Gasteiger partial charge is 0.262 e. The maximum absolute atomic E-state index is 12.0. The molecule has 2 heterocycles. The lowest BCUT2D eigenvalue weighted by molar-refractivity contribution is -0.118. The lowest BCUT2D eigenvalue weighted by Gasteiger charge is -2.18. The molecule has 1 aliphatic heterocycles. The van der Waals surface area contributed by atoms with Crippen molar-refractivity contribution in [2.45, 2.75) is 6.54 Å². The molecule has 20 heavy (non-hydrogen) atoms. The molecule has 3 N–H and O–H groups in total. The van der Waals surface area contributed by atoms with Gasteiger partial charge in [-0.15, -0.1) is 0 Å². The summed E-state index contributed by atoms with van der Waals surface area (Å²) in [6.07, 6.45) is 3.31. The molecule has 7 nitrogen and oxygen atoms in total. The van der Waals surface area contributed by atoms with Crippen LogP contribution in [0.1, 0.15) is 16.2 Å². The van der Waals surface area contributed by atoms with Crippen molar-refractivity contribution >= 4 is 17.5 Å². The molecule has 2 aromatic rings.